The molecule has 0 saturated carbocycles. The van der Waals surface area contributed by atoms with Gasteiger partial charge in [0, 0.05) is 57.3 Å². The normalized spacial score (nSPS) is 12.3. The summed E-state index contributed by atoms with van der Waals surface area (Å²) in [6.07, 6.45) is 5.32. The average molecular weight is 644 g/mol. The Morgan fingerprint density at radius 3 is 2.67 bits per heavy atom. The summed E-state index contributed by atoms with van der Waals surface area (Å²) in [5.74, 6) is 0.0915. The van der Waals surface area contributed by atoms with Crippen LogP contribution in [0.2, 0.25) is 10.0 Å². The molecule has 230 valence electrons. The molecule has 2 atom stereocenters. The molecular formula is C32H40Cl2N6O2S. The number of amides is 1. The second-order valence-electron chi connectivity index (χ2n) is 10.4. The van der Waals surface area contributed by atoms with Gasteiger partial charge in [0.1, 0.15) is 0 Å². The molecule has 0 radical (unpaired) electrons. The summed E-state index contributed by atoms with van der Waals surface area (Å²) in [4.78, 5) is 19.7. The summed E-state index contributed by atoms with van der Waals surface area (Å²) in [5.41, 5.74) is 3.29. The predicted molar refractivity (Wildman–Crippen MR) is 176 cm³/mol. The maximum atomic E-state index is 13.4. The van der Waals surface area contributed by atoms with Gasteiger partial charge >= 0.3 is 0 Å². The average Bonchev–Trinajstić information content (AvgIpc) is 3.44. The number of imidazole rings is 1. The molecule has 0 unspecified atom stereocenters. The first-order valence-electron chi connectivity index (χ1n) is 14.6. The molecule has 8 nitrogen and oxygen atoms in total. The number of benzene rings is 2. The first-order valence-corrected chi connectivity index (χ1v) is 15.7. The molecule has 2 aromatic carbocycles. The molecule has 0 aliphatic carbocycles. The summed E-state index contributed by atoms with van der Waals surface area (Å²) in [6.45, 7) is 9.70. The standard InChI is InChI=1S/C32H40Cl2N6O2S/c1-4-23(3)29(38-30(41)16-27-18-36-22-40(27)19-25-12-10-24(17-35)11-13-25)21-39(32(43)37-14-7-15-42-5-2)20-26-8-6-9-28(33)31(26)34/h6,8-13,18,22-23,29H,4-5,7,14-16,19-21H2,1-3H3,(H,37,43)(H,38,41)/t23-,29+/m0/s1. The lowest BCUT2D eigenvalue weighted by molar-refractivity contribution is -0.121. The zero-order chi connectivity index (χ0) is 31.2. The number of ether oxygens (including phenoxy) is 1. The lowest BCUT2D eigenvalue weighted by Gasteiger charge is -2.33. The Morgan fingerprint density at radius 2 is 1.98 bits per heavy atom. The van der Waals surface area contributed by atoms with Crippen LogP contribution in [0.5, 0.6) is 0 Å². The van der Waals surface area contributed by atoms with Gasteiger partial charge in [-0.15, -0.1) is 0 Å². The van der Waals surface area contributed by atoms with Crippen LogP contribution in [-0.2, 0) is 29.0 Å². The smallest absolute Gasteiger partial charge is 0.226 e. The molecule has 1 aromatic heterocycles. The van der Waals surface area contributed by atoms with E-state index >= 15 is 0 Å². The minimum absolute atomic E-state index is 0.0943. The molecule has 2 N–H and O–H groups in total. The highest BCUT2D eigenvalue weighted by Gasteiger charge is 2.24. The van der Waals surface area contributed by atoms with Gasteiger partial charge < -0.3 is 24.8 Å². The molecule has 0 saturated heterocycles. The van der Waals surface area contributed by atoms with Crippen molar-refractivity contribution < 1.29 is 9.53 Å². The Hall–Kier alpha value is -3.16. The molecule has 3 rings (SSSR count). The van der Waals surface area contributed by atoms with Gasteiger partial charge in [-0.1, -0.05) is 67.7 Å². The highest BCUT2D eigenvalue weighted by molar-refractivity contribution is 7.80. The van der Waals surface area contributed by atoms with Crippen molar-refractivity contribution in [1.82, 2.24) is 25.1 Å². The number of nitrogens with one attached hydrogen (secondary N) is 2. The van der Waals surface area contributed by atoms with Gasteiger partial charge in [-0.05, 0) is 60.8 Å². The lowest BCUT2D eigenvalue weighted by Crippen LogP contribution is -2.51. The third-order valence-corrected chi connectivity index (χ3v) is 8.56. The number of thiocarbonyl (C=S) groups is 1. The van der Waals surface area contributed by atoms with E-state index < -0.39 is 0 Å². The van der Waals surface area contributed by atoms with Crippen LogP contribution in [0.4, 0.5) is 0 Å². The maximum Gasteiger partial charge on any atom is 0.226 e. The summed E-state index contributed by atoms with van der Waals surface area (Å²) < 4.78 is 7.41. The molecule has 0 bridgehead atoms. The number of hydrogen-bond donors (Lipinski definition) is 2. The summed E-state index contributed by atoms with van der Waals surface area (Å²) in [6, 6.07) is 14.9. The number of nitriles is 1. The minimum Gasteiger partial charge on any atom is -0.382 e. The van der Waals surface area contributed by atoms with Gasteiger partial charge in [-0.25, -0.2) is 4.98 Å². The Labute approximate surface area is 270 Å². The number of aromatic nitrogens is 2. The van der Waals surface area contributed by atoms with Gasteiger partial charge in [0.25, 0.3) is 0 Å². The Morgan fingerprint density at radius 1 is 1.21 bits per heavy atom. The van der Waals surface area contributed by atoms with Gasteiger partial charge in [0.2, 0.25) is 5.91 Å². The topological polar surface area (TPSA) is 95.2 Å². The SMILES string of the molecule is CCOCCCNC(=S)N(Cc1cccc(Cl)c1Cl)C[C@@H](NC(=O)Cc1cncn1Cc1ccc(C#N)cc1)[C@@H](C)CC. The van der Waals surface area contributed by atoms with E-state index in [0.717, 1.165) is 29.7 Å². The van der Waals surface area contributed by atoms with Crippen LogP contribution < -0.4 is 10.6 Å². The number of hydrogen-bond acceptors (Lipinski definition) is 5. The van der Waals surface area contributed by atoms with E-state index in [9.17, 15) is 4.79 Å². The highest BCUT2D eigenvalue weighted by Crippen LogP contribution is 2.27. The molecule has 1 heterocycles. The fourth-order valence-corrected chi connectivity index (χ4v) is 5.17. The van der Waals surface area contributed by atoms with E-state index in [2.05, 4.69) is 35.5 Å². The summed E-state index contributed by atoms with van der Waals surface area (Å²) in [5, 5.41) is 17.2. The Kier molecular flexibility index (Phi) is 14.2. The number of carbonyl (C=O) groups is 1. The third-order valence-electron chi connectivity index (χ3n) is 7.30. The maximum absolute atomic E-state index is 13.4. The summed E-state index contributed by atoms with van der Waals surface area (Å²) >= 11 is 18.7. The molecule has 3 aromatic rings. The number of nitrogens with zero attached hydrogens (tertiary/aromatic N) is 4. The van der Waals surface area contributed by atoms with Crippen molar-refractivity contribution >= 4 is 46.4 Å². The molecular weight excluding hydrogens is 603 g/mol. The zero-order valence-corrected chi connectivity index (χ0v) is 27.3. The van der Waals surface area contributed by atoms with Gasteiger partial charge in [-0.3, -0.25) is 4.79 Å². The van der Waals surface area contributed by atoms with Crippen molar-refractivity contribution in [2.75, 3.05) is 26.3 Å². The first-order chi connectivity index (χ1) is 20.7. The van der Waals surface area contributed by atoms with Crippen molar-refractivity contribution in [3.8, 4) is 6.07 Å². The number of halogens is 2. The molecule has 0 aliphatic heterocycles. The van der Waals surface area contributed by atoms with Gasteiger partial charge in [0.15, 0.2) is 5.11 Å². The van der Waals surface area contributed by atoms with Crippen molar-refractivity contribution in [2.24, 2.45) is 5.92 Å². The van der Waals surface area contributed by atoms with E-state index in [-0.39, 0.29) is 24.3 Å². The number of rotatable bonds is 16. The van der Waals surface area contributed by atoms with Crippen LogP contribution in [0.15, 0.2) is 55.0 Å². The molecule has 43 heavy (non-hydrogen) atoms. The molecule has 0 spiro atoms. The van der Waals surface area contributed by atoms with E-state index in [1.807, 2.05) is 40.7 Å². The largest absolute Gasteiger partial charge is 0.382 e. The molecule has 11 heteroatoms. The second-order valence-corrected chi connectivity index (χ2v) is 11.6. The fourth-order valence-electron chi connectivity index (χ4n) is 4.55. The van der Waals surface area contributed by atoms with E-state index in [4.69, 9.17) is 45.4 Å². The zero-order valence-electron chi connectivity index (χ0n) is 25.0. The van der Waals surface area contributed by atoms with Gasteiger partial charge in [-0.2, -0.15) is 5.26 Å². The monoisotopic (exact) mass is 642 g/mol. The van der Waals surface area contributed by atoms with Crippen molar-refractivity contribution in [2.45, 2.75) is 59.2 Å². The fraction of sp³-hybridized carbons (Fsp3) is 0.438. The van der Waals surface area contributed by atoms with Crippen LogP contribution in [0.3, 0.4) is 0 Å². The van der Waals surface area contributed by atoms with Crippen molar-refractivity contribution in [1.29, 1.82) is 5.26 Å². The second kappa shape index (κ2) is 17.8. The molecule has 0 aliphatic rings. The highest BCUT2D eigenvalue weighted by atomic mass is 35.5. The van der Waals surface area contributed by atoms with Crippen molar-refractivity contribution in [3.05, 3.63) is 87.4 Å². The van der Waals surface area contributed by atoms with Crippen LogP contribution in [-0.4, -0.2) is 57.8 Å². The van der Waals surface area contributed by atoms with E-state index in [1.54, 1.807) is 30.7 Å². The van der Waals surface area contributed by atoms with Crippen LogP contribution in [0.25, 0.3) is 0 Å². The van der Waals surface area contributed by atoms with E-state index in [0.29, 0.717) is 60.1 Å². The quantitative estimate of drug-likeness (QED) is 0.146. The Bertz CT molecular complexity index is 1370. The van der Waals surface area contributed by atoms with E-state index in [1.165, 1.54) is 0 Å². The molecule has 0 fully saturated rings. The minimum atomic E-state index is -0.173. The number of carbonyl (C=O) groups excluding carboxylic acids is 1. The van der Waals surface area contributed by atoms with Crippen LogP contribution >= 0.6 is 35.4 Å². The first kappa shape index (κ1) is 34.3. The lowest BCUT2D eigenvalue weighted by atomic mass is 9.98. The van der Waals surface area contributed by atoms with Crippen LogP contribution in [0, 0.1) is 17.2 Å². The van der Waals surface area contributed by atoms with Crippen molar-refractivity contribution in [3.63, 3.8) is 0 Å². The summed E-state index contributed by atoms with van der Waals surface area (Å²) in [7, 11) is 0. The Balaban J connectivity index is 1.72. The predicted octanol–water partition coefficient (Wildman–Crippen LogP) is 5.99. The van der Waals surface area contributed by atoms with Gasteiger partial charge in [0.05, 0.1) is 34.4 Å². The third kappa shape index (κ3) is 10.8. The van der Waals surface area contributed by atoms with Crippen LogP contribution in [0.1, 0.15) is 56.0 Å². The molecule has 1 amide bonds.